The van der Waals surface area contributed by atoms with E-state index in [1.165, 1.54) is 11.3 Å². The smallest absolute Gasteiger partial charge is 0.338 e. The van der Waals surface area contributed by atoms with Gasteiger partial charge in [-0.05, 0) is 55.3 Å². The summed E-state index contributed by atoms with van der Waals surface area (Å²) in [5, 5.41) is 2.19. The third-order valence-corrected chi connectivity index (χ3v) is 8.67. The van der Waals surface area contributed by atoms with Gasteiger partial charge in [-0.2, -0.15) is 0 Å². The summed E-state index contributed by atoms with van der Waals surface area (Å²) in [4.78, 5) is 32.4. The zero-order valence-electron chi connectivity index (χ0n) is 22.3. The number of para-hydroxylation sites is 1. The minimum atomic E-state index is -0.646. The summed E-state index contributed by atoms with van der Waals surface area (Å²) >= 11 is 14.0. The highest BCUT2D eigenvalue weighted by molar-refractivity contribution is 7.07. The minimum Gasteiger partial charge on any atom is -0.463 e. The Morgan fingerprint density at radius 1 is 1.05 bits per heavy atom. The Morgan fingerprint density at radius 2 is 1.80 bits per heavy atom. The number of thiazole rings is 1. The summed E-state index contributed by atoms with van der Waals surface area (Å²) in [6.45, 7) is 4.26. The van der Waals surface area contributed by atoms with E-state index in [0.29, 0.717) is 37.2 Å². The third-order valence-electron chi connectivity index (χ3n) is 7.10. The topological polar surface area (TPSA) is 65.6 Å². The molecule has 1 aliphatic rings. The van der Waals surface area contributed by atoms with Gasteiger partial charge in [0.25, 0.3) is 5.56 Å². The number of fused-ring (bicyclic) bond motifs is 2. The number of carbonyl (C=O) groups excluding carboxylic acids is 1. The molecule has 3 heterocycles. The van der Waals surface area contributed by atoms with E-state index in [4.69, 9.17) is 27.9 Å². The first-order chi connectivity index (χ1) is 19.9. The van der Waals surface area contributed by atoms with Crippen LogP contribution < -0.4 is 14.9 Å². The summed E-state index contributed by atoms with van der Waals surface area (Å²) in [6.07, 6.45) is 1.89. The summed E-state index contributed by atoms with van der Waals surface area (Å²) in [7, 11) is 0. The van der Waals surface area contributed by atoms with Gasteiger partial charge in [-0.1, -0.05) is 89.1 Å². The Labute approximate surface area is 250 Å². The van der Waals surface area contributed by atoms with Crippen LogP contribution in [0.15, 0.2) is 99.9 Å². The molecule has 0 aliphatic carbocycles. The fourth-order valence-electron chi connectivity index (χ4n) is 5.22. The van der Waals surface area contributed by atoms with Crippen molar-refractivity contribution in [2.24, 2.45) is 4.99 Å². The van der Waals surface area contributed by atoms with Crippen molar-refractivity contribution in [2.45, 2.75) is 26.4 Å². The molecular weight excluding hydrogens is 577 g/mol. The summed E-state index contributed by atoms with van der Waals surface area (Å²) in [5.41, 5.74) is 4.26. The van der Waals surface area contributed by atoms with Gasteiger partial charge in [-0.25, -0.2) is 9.79 Å². The van der Waals surface area contributed by atoms with Gasteiger partial charge in [-0.15, -0.1) is 0 Å². The van der Waals surface area contributed by atoms with Crippen LogP contribution in [0.25, 0.3) is 17.0 Å². The highest BCUT2D eigenvalue weighted by Gasteiger charge is 2.33. The minimum absolute atomic E-state index is 0.224. The molecule has 0 amide bonds. The first-order valence-electron chi connectivity index (χ1n) is 13.1. The number of hydrogen-bond donors (Lipinski definition) is 0. The molecule has 0 bridgehead atoms. The van der Waals surface area contributed by atoms with Gasteiger partial charge >= 0.3 is 5.97 Å². The van der Waals surface area contributed by atoms with Crippen molar-refractivity contribution in [1.82, 2.24) is 9.13 Å². The number of aromatic nitrogens is 2. The fourth-order valence-corrected chi connectivity index (χ4v) is 6.72. The number of ether oxygens (including phenoxy) is 1. The first kappa shape index (κ1) is 27.3. The Bertz CT molecular complexity index is 2020. The maximum absolute atomic E-state index is 14.1. The summed E-state index contributed by atoms with van der Waals surface area (Å²) in [5.74, 6) is -0.475. The fraction of sp³-hybridized carbons (Fsp3) is 0.156. The van der Waals surface area contributed by atoms with Gasteiger partial charge in [0.05, 0.1) is 28.5 Å². The second-order valence-corrected chi connectivity index (χ2v) is 11.5. The number of carbonyl (C=O) groups is 1. The highest BCUT2D eigenvalue weighted by Crippen LogP contribution is 2.31. The molecule has 6 rings (SSSR count). The van der Waals surface area contributed by atoms with E-state index in [1.807, 2.05) is 72.8 Å². The first-order valence-corrected chi connectivity index (χ1v) is 14.7. The summed E-state index contributed by atoms with van der Waals surface area (Å²) in [6, 6.07) is 24.4. The van der Waals surface area contributed by atoms with E-state index in [-0.39, 0.29) is 12.2 Å². The van der Waals surface area contributed by atoms with Crippen LogP contribution in [0.5, 0.6) is 0 Å². The lowest BCUT2D eigenvalue weighted by molar-refractivity contribution is -0.139. The van der Waals surface area contributed by atoms with Crippen molar-refractivity contribution in [1.29, 1.82) is 0 Å². The molecule has 0 radical (unpaired) electrons. The van der Waals surface area contributed by atoms with E-state index in [2.05, 4.69) is 15.6 Å². The molecule has 9 heteroatoms. The number of esters is 1. The monoisotopic (exact) mass is 601 g/mol. The molecule has 0 saturated carbocycles. The molecule has 0 spiro atoms. The van der Waals surface area contributed by atoms with E-state index in [0.717, 1.165) is 27.7 Å². The zero-order valence-corrected chi connectivity index (χ0v) is 24.6. The van der Waals surface area contributed by atoms with Crippen molar-refractivity contribution in [3.05, 3.63) is 137 Å². The van der Waals surface area contributed by atoms with Crippen LogP contribution in [0, 0.1) is 0 Å². The molecule has 206 valence electrons. The lowest BCUT2D eigenvalue weighted by atomic mass is 9.96. The second-order valence-electron chi connectivity index (χ2n) is 9.66. The number of halogens is 2. The molecular formula is C32H25Cl2N3O3S. The van der Waals surface area contributed by atoms with Gasteiger partial charge < -0.3 is 9.30 Å². The molecule has 0 saturated heterocycles. The van der Waals surface area contributed by atoms with E-state index in [9.17, 15) is 9.59 Å². The molecule has 3 aromatic carbocycles. The van der Waals surface area contributed by atoms with E-state index in [1.54, 1.807) is 24.5 Å². The number of nitrogens with zero attached hydrogens (tertiary/aromatic N) is 3. The van der Waals surface area contributed by atoms with Crippen LogP contribution in [-0.4, -0.2) is 21.7 Å². The Balaban J connectivity index is 1.54. The van der Waals surface area contributed by atoms with Crippen LogP contribution in [0.4, 0.5) is 0 Å². The Morgan fingerprint density at radius 3 is 2.56 bits per heavy atom. The Kier molecular flexibility index (Phi) is 7.43. The Hall–Kier alpha value is -3.91. The lowest BCUT2D eigenvalue weighted by Gasteiger charge is -2.24. The van der Waals surface area contributed by atoms with Gasteiger partial charge in [0.1, 0.15) is 0 Å². The van der Waals surface area contributed by atoms with Crippen LogP contribution >= 0.6 is 34.5 Å². The standard InChI is InChI=1S/C32H25Cl2N3O3S/c1-3-40-31(39)28-19(2)35-32-37(29(28)20-9-5-4-6-10-20)30(38)27(41-32)17-24-15-21-11-7-8-12-26(21)36(24)18-22-13-14-23(33)16-25(22)34/h4-17,29H,3,18H2,1-2H3/t29-/m0/s1. The van der Waals surface area contributed by atoms with Crippen molar-refractivity contribution in [2.75, 3.05) is 6.61 Å². The van der Waals surface area contributed by atoms with Crippen molar-refractivity contribution < 1.29 is 9.53 Å². The molecule has 2 aromatic heterocycles. The second kappa shape index (κ2) is 11.2. The molecule has 1 atom stereocenters. The number of hydrogen-bond acceptors (Lipinski definition) is 5. The number of benzene rings is 3. The predicted octanol–water partition coefficient (Wildman–Crippen LogP) is 6.11. The largest absolute Gasteiger partial charge is 0.463 e. The van der Waals surface area contributed by atoms with Crippen molar-refractivity contribution in [3.8, 4) is 0 Å². The molecule has 6 nitrogen and oxygen atoms in total. The van der Waals surface area contributed by atoms with Gasteiger partial charge in [0, 0.05) is 33.2 Å². The quantitative estimate of drug-likeness (QED) is 0.221. The lowest BCUT2D eigenvalue weighted by Crippen LogP contribution is -2.40. The van der Waals surface area contributed by atoms with Crippen LogP contribution in [-0.2, 0) is 16.1 Å². The number of allylic oxidation sites excluding steroid dienone is 1. The molecule has 0 unspecified atom stereocenters. The zero-order chi connectivity index (χ0) is 28.7. The van der Waals surface area contributed by atoms with Gasteiger partial charge in [0.15, 0.2) is 4.80 Å². The average Bonchev–Trinajstić information content (AvgIpc) is 3.46. The molecule has 1 aliphatic heterocycles. The third kappa shape index (κ3) is 5.05. The molecule has 0 fully saturated rings. The van der Waals surface area contributed by atoms with E-state index >= 15 is 0 Å². The maximum Gasteiger partial charge on any atom is 0.338 e. The van der Waals surface area contributed by atoms with E-state index < -0.39 is 12.0 Å². The van der Waals surface area contributed by atoms with Crippen LogP contribution in [0.2, 0.25) is 10.0 Å². The molecule has 41 heavy (non-hydrogen) atoms. The maximum atomic E-state index is 14.1. The molecule has 5 aromatic rings. The molecule has 0 N–H and O–H groups in total. The highest BCUT2D eigenvalue weighted by atomic mass is 35.5. The van der Waals surface area contributed by atoms with Gasteiger partial charge in [0.2, 0.25) is 0 Å². The number of rotatable bonds is 6. The van der Waals surface area contributed by atoms with Gasteiger partial charge in [-0.3, -0.25) is 9.36 Å². The van der Waals surface area contributed by atoms with Crippen molar-refractivity contribution >= 4 is 57.5 Å². The van der Waals surface area contributed by atoms with Crippen LogP contribution in [0.3, 0.4) is 0 Å². The van der Waals surface area contributed by atoms with Crippen LogP contribution in [0.1, 0.15) is 36.7 Å². The predicted molar refractivity (Wildman–Crippen MR) is 164 cm³/mol. The van der Waals surface area contributed by atoms with Crippen molar-refractivity contribution in [3.63, 3.8) is 0 Å². The SMILES string of the molecule is CCOC(=O)C1=C(C)N=c2sc(=Cc3cc4ccccc4n3Cc3ccc(Cl)cc3Cl)c(=O)n2[C@H]1c1ccccc1. The normalized spacial score (nSPS) is 15.2. The summed E-state index contributed by atoms with van der Waals surface area (Å²) < 4.78 is 9.63. The average molecular weight is 603 g/mol.